The minimum absolute atomic E-state index is 0.178. The lowest BCUT2D eigenvalue weighted by Gasteiger charge is -2.15. The summed E-state index contributed by atoms with van der Waals surface area (Å²) >= 11 is 0. The van der Waals surface area contributed by atoms with Gasteiger partial charge in [0.15, 0.2) is 0 Å². The van der Waals surface area contributed by atoms with E-state index in [0.717, 1.165) is 38.5 Å². The number of amides is 1. The Morgan fingerprint density at radius 2 is 2.00 bits per heavy atom. The van der Waals surface area contributed by atoms with Gasteiger partial charge in [-0.15, -0.1) is 0 Å². The first kappa shape index (κ1) is 18.5. The van der Waals surface area contributed by atoms with Crippen molar-refractivity contribution in [1.82, 2.24) is 4.72 Å². The molecule has 0 saturated heterocycles. The van der Waals surface area contributed by atoms with E-state index in [0.29, 0.717) is 6.42 Å². The lowest BCUT2D eigenvalue weighted by atomic mass is 10.2. The molecule has 0 aromatic carbocycles. The number of carbonyl (C=O) groups excluding carboxylic acids is 1. The summed E-state index contributed by atoms with van der Waals surface area (Å²) in [7, 11) is -3.98. The van der Waals surface area contributed by atoms with Gasteiger partial charge in [0, 0.05) is 5.92 Å². The number of unbranched alkanes of at least 4 members (excludes halogenated alkanes) is 3. The summed E-state index contributed by atoms with van der Waals surface area (Å²) in [6.45, 7) is 4.16. The summed E-state index contributed by atoms with van der Waals surface area (Å²) in [5, 5.41) is 0. The molecule has 2 rings (SSSR count). The maximum Gasteiger partial charge on any atom is 0.362 e. The zero-order chi connectivity index (χ0) is 16.9. The molecule has 1 N–H and O–H groups in total. The van der Waals surface area contributed by atoms with Crippen molar-refractivity contribution >= 4 is 16.2 Å². The van der Waals surface area contributed by atoms with Crippen molar-refractivity contribution in [2.24, 2.45) is 11.8 Å². The summed E-state index contributed by atoms with van der Waals surface area (Å²) in [5.41, 5.74) is -0.553. The molecule has 2 atom stereocenters. The summed E-state index contributed by atoms with van der Waals surface area (Å²) in [6, 6.07) is 0. The maximum absolute atomic E-state index is 12.0. The van der Waals surface area contributed by atoms with Crippen LogP contribution in [0.2, 0.25) is 0 Å². The molecule has 5 nitrogen and oxygen atoms in total. The van der Waals surface area contributed by atoms with Crippen molar-refractivity contribution < 1.29 is 17.4 Å². The van der Waals surface area contributed by atoms with Gasteiger partial charge in [-0.3, -0.25) is 4.79 Å². The zero-order valence-electron chi connectivity index (χ0n) is 14.2. The van der Waals surface area contributed by atoms with Gasteiger partial charge in [0.2, 0.25) is 5.91 Å². The van der Waals surface area contributed by atoms with E-state index < -0.39 is 21.8 Å². The standard InChI is InChI=1S/C17H29NO4S/c1-3-5-6-7-8-9-14-13-15(14)16(19)18-23(20,21)22-17(10-4-2)11-12-17/h8-9,14-15H,3-7,10-13H2,1-2H3,(H,18,19)/b9-8-/t14-,15+/m1/s1. The molecule has 132 valence electrons. The van der Waals surface area contributed by atoms with Crippen LogP contribution in [-0.2, 0) is 19.3 Å². The van der Waals surface area contributed by atoms with E-state index in [4.69, 9.17) is 4.18 Å². The third-order valence-corrected chi connectivity index (χ3v) is 5.58. The summed E-state index contributed by atoms with van der Waals surface area (Å²) in [6.07, 6.45) is 12.6. The van der Waals surface area contributed by atoms with E-state index >= 15 is 0 Å². The van der Waals surface area contributed by atoms with Crippen molar-refractivity contribution in [3.8, 4) is 0 Å². The van der Waals surface area contributed by atoms with Crippen LogP contribution in [0.5, 0.6) is 0 Å². The summed E-state index contributed by atoms with van der Waals surface area (Å²) in [4.78, 5) is 12.0. The topological polar surface area (TPSA) is 72.5 Å². The number of allylic oxidation sites excluding steroid dienone is 2. The average molecular weight is 343 g/mol. The molecule has 2 fully saturated rings. The van der Waals surface area contributed by atoms with Crippen LogP contribution in [0.4, 0.5) is 0 Å². The van der Waals surface area contributed by atoms with Crippen molar-refractivity contribution in [1.29, 1.82) is 0 Å². The molecule has 0 spiro atoms. The lowest BCUT2D eigenvalue weighted by molar-refractivity contribution is -0.120. The highest BCUT2D eigenvalue weighted by molar-refractivity contribution is 7.85. The largest absolute Gasteiger partial charge is 0.362 e. The number of rotatable bonds is 11. The van der Waals surface area contributed by atoms with Crippen LogP contribution in [0, 0.1) is 11.8 Å². The van der Waals surface area contributed by atoms with Gasteiger partial charge in [0.1, 0.15) is 0 Å². The van der Waals surface area contributed by atoms with Crippen molar-refractivity contribution in [3.63, 3.8) is 0 Å². The molecular formula is C17H29NO4S. The molecule has 0 radical (unpaired) electrons. The van der Waals surface area contributed by atoms with Gasteiger partial charge in [-0.05, 0) is 44.4 Å². The Morgan fingerprint density at radius 1 is 1.26 bits per heavy atom. The third-order valence-electron chi connectivity index (χ3n) is 4.56. The van der Waals surface area contributed by atoms with Gasteiger partial charge in [-0.2, -0.15) is 8.42 Å². The molecule has 2 aliphatic rings. The molecule has 0 unspecified atom stereocenters. The molecular weight excluding hydrogens is 314 g/mol. The molecule has 0 aromatic rings. The molecule has 0 aliphatic heterocycles. The van der Waals surface area contributed by atoms with Crippen LogP contribution < -0.4 is 4.72 Å². The SMILES string of the molecule is CCCCC/C=C\[C@@H]1C[C@@H]1C(=O)NS(=O)(=O)OC1(CCC)CC1. The number of hydrogen-bond donors (Lipinski definition) is 1. The Balaban J connectivity index is 1.73. The zero-order valence-corrected chi connectivity index (χ0v) is 15.0. The van der Waals surface area contributed by atoms with Gasteiger partial charge < -0.3 is 0 Å². The second kappa shape index (κ2) is 7.79. The first-order chi connectivity index (χ1) is 10.9. The van der Waals surface area contributed by atoms with E-state index in [-0.39, 0.29) is 11.8 Å². The van der Waals surface area contributed by atoms with Gasteiger partial charge in [-0.1, -0.05) is 45.3 Å². The highest BCUT2D eigenvalue weighted by atomic mass is 32.2. The van der Waals surface area contributed by atoms with Crippen LogP contribution in [0.3, 0.4) is 0 Å². The molecule has 1 amide bonds. The quantitative estimate of drug-likeness (QED) is 0.460. The summed E-state index contributed by atoms with van der Waals surface area (Å²) < 4.78 is 31.2. The fourth-order valence-corrected chi connectivity index (χ4v) is 4.09. The Hall–Kier alpha value is -0.880. The van der Waals surface area contributed by atoms with Gasteiger partial charge in [-0.25, -0.2) is 8.91 Å². The number of nitrogens with one attached hydrogen (secondary N) is 1. The number of carbonyl (C=O) groups is 1. The number of hydrogen-bond acceptors (Lipinski definition) is 4. The molecule has 0 heterocycles. The average Bonchev–Trinajstić information content (AvgIpc) is 3.35. The lowest BCUT2D eigenvalue weighted by Crippen LogP contribution is -2.36. The molecule has 2 aliphatic carbocycles. The van der Waals surface area contributed by atoms with Gasteiger partial charge >= 0.3 is 10.3 Å². The normalized spacial score (nSPS) is 25.5. The smallest absolute Gasteiger partial charge is 0.274 e. The molecule has 2 saturated carbocycles. The third kappa shape index (κ3) is 5.92. The van der Waals surface area contributed by atoms with Crippen LogP contribution >= 0.6 is 0 Å². The molecule has 0 bridgehead atoms. The van der Waals surface area contributed by atoms with Crippen molar-refractivity contribution in [3.05, 3.63) is 12.2 Å². The van der Waals surface area contributed by atoms with E-state index in [1.54, 1.807) is 0 Å². The van der Waals surface area contributed by atoms with E-state index in [2.05, 4.69) is 17.7 Å². The maximum atomic E-state index is 12.0. The first-order valence-electron chi connectivity index (χ1n) is 8.85. The monoisotopic (exact) mass is 343 g/mol. The predicted octanol–water partition coefficient (Wildman–Crippen LogP) is 3.47. The van der Waals surface area contributed by atoms with Crippen LogP contribution in [0.15, 0.2) is 12.2 Å². The molecule has 0 aromatic heterocycles. The Kier molecular flexibility index (Phi) is 6.26. The minimum Gasteiger partial charge on any atom is -0.274 e. The van der Waals surface area contributed by atoms with E-state index in [9.17, 15) is 13.2 Å². The van der Waals surface area contributed by atoms with Gasteiger partial charge in [0.25, 0.3) is 0 Å². The van der Waals surface area contributed by atoms with Gasteiger partial charge in [0.05, 0.1) is 5.60 Å². The predicted molar refractivity (Wildman–Crippen MR) is 89.9 cm³/mol. The van der Waals surface area contributed by atoms with Crippen LogP contribution in [0.1, 0.15) is 71.6 Å². The van der Waals surface area contributed by atoms with E-state index in [1.165, 1.54) is 12.8 Å². The molecule has 6 heteroatoms. The minimum atomic E-state index is -3.98. The van der Waals surface area contributed by atoms with Crippen LogP contribution in [0.25, 0.3) is 0 Å². The summed E-state index contributed by atoms with van der Waals surface area (Å²) in [5.74, 6) is -0.477. The Bertz CT molecular complexity index is 537. The second-order valence-corrected chi connectivity index (χ2v) is 8.15. The fraction of sp³-hybridized carbons (Fsp3) is 0.824. The highest BCUT2D eigenvalue weighted by Gasteiger charge is 2.48. The van der Waals surface area contributed by atoms with E-state index in [1.807, 2.05) is 13.0 Å². The second-order valence-electron chi connectivity index (χ2n) is 6.87. The first-order valence-corrected chi connectivity index (χ1v) is 10.3. The Labute approximate surface area is 140 Å². The van der Waals surface area contributed by atoms with Crippen molar-refractivity contribution in [2.45, 2.75) is 77.2 Å². The van der Waals surface area contributed by atoms with Crippen LogP contribution in [-0.4, -0.2) is 19.9 Å². The Morgan fingerprint density at radius 3 is 2.61 bits per heavy atom. The fourth-order valence-electron chi connectivity index (χ4n) is 2.93. The molecule has 23 heavy (non-hydrogen) atoms. The van der Waals surface area contributed by atoms with Crippen molar-refractivity contribution in [2.75, 3.05) is 0 Å². The highest BCUT2D eigenvalue weighted by Crippen LogP contribution is 2.45.